The maximum Gasteiger partial charge on any atom is 0.264 e. The van der Waals surface area contributed by atoms with E-state index in [1.807, 2.05) is 0 Å². The van der Waals surface area contributed by atoms with Crippen LogP contribution in [0, 0.1) is 0 Å². The van der Waals surface area contributed by atoms with Gasteiger partial charge in [0.25, 0.3) is 10.0 Å². The van der Waals surface area contributed by atoms with Crippen LogP contribution in [0.1, 0.15) is 0 Å². The normalized spacial score (nSPS) is 17.9. The number of hydrogen-bond acceptors (Lipinski definition) is 4. The number of para-hydroxylation sites is 1. The van der Waals surface area contributed by atoms with Gasteiger partial charge in [0.15, 0.2) is 0 Å². The second kappa shape index (κ2) is 5.73. The van der Waals surface area contributed by atoms with Crippen LogP contribution in [0.5, 0.6) is 5.75 Å². The van der Waals surface area contributed by atoms with Gasteiger partial charge in [0.05, 0.1) is 33.4 Å². The molecule has 22 heavy (non-hydrogen) atoms. The van der Waals surface area contributed by atoms with Crippen LogP contribution >= 0.6 is 0 Å². The number of benzene rings is 2. The molecule has 2 aromatic rings. The summed E-state index contributed by atoms with van der Waals surface area (Å²) in [6.45, 7) is 0.206. The van der Waals surface area contributed by atoms with Crippen LogP contribution in [0.3, 0.4) is 0 Å². The van der Waals surface area contributed by atoms with Gasteiger partial charge in [-0.1, -0.05) is 12.1 Å². The number of hydrogen-bond donors (Lipinski definition) is 0. The minimum atomic E-state index is -3.68. The molecular formula is C15H15NO4S2. The Bertz CT molecular complexity index is 816. The fraction of sp³-hybridized carbons (Fsp3) is 0.200. The molecule has 1 aliphatic rings. The Morgan fingerprint density at radius 2 is 1.77 bits per heavy atom. The van der Waals surface area contributed by atoms with E-state index in [1.165, 1.54) is 23.5 Å². The first-order chi connectivity index (χ1) is 10.5. The molecule has 0 aromatic heterocycles. The third-order valence-electron chi connectivity index (χ3n) is 3.51. The molecular weight excluding hydrogens is 322 g/mol. The zero-order valence-electron chi connectivity index (χ0n) is 11.9. The summed E-state index contributed by atoms with van der Waals surface area (Å²) in [7, 11) is -3.31. The van der Waals surface area contributed by atoms with Crippen molar-refractivity contribution in [1.82, 2.24) is 0 Å². The van der Waals surface area contributed by atoms with E-state index in [4.69, 9.17) is 4.74 Å². The topological polar surface area (TPSA) is 63.7 Å². The lowest BCUT2D eigenvalue weighted by Gasteiger charge is -2.29. The average molecular weight is 337 g/mol. The van der Waals surface area contributed by atoms with Crippen LogP contribution in [0.15, 0.2) is 58.3 Å². The molecule has 1 unspecified atom stereocenters. The molecule has 0 fully saturated rings. The molecule has 1 aliphatic heterocycles. The van der Waals surface area contributed by atoms with Crippen LogP contribution in [0.2, 0.25) is 0 Å². The molecule has 116 valence electrons. The van der Waals surface area contributed by atoms with Gasteiger partial charge in [-0.15, -0.1) is 0 Å². The summed E-state index contributed by atoms with van der Waals surface area (Å²) in [5, 5.41) is 0. The quantitative estimate of drug-likeness (QED) is 0.859. The smallest absolute Gasteiger partial charge is 0.264 e. The van der Waals surface area contributed by atoms with Crippen molar-refractivity contribution in [3.63, 3.8) is 0 Å². The van der Waals surface area contributed by atoms with Crippen LogP contribution < -0.4 is 9.04 Å². The molecule has 5 nitrogen and oxygen atoms in total. The maximum atomic E-state index is 12.8. The van der Waals surface area contributed by atoms with Gasteiger partial charge in [-0.25, -0.2) is 8.42 Å². The minimum absolute atomic E-state index is 0.191. The SMILES string of the molecule is COc1ccc(S(=O)(=O)N2CCS(=O)c3ccccc32)cc1. The van der Waals surface area contributed by atoms with Crippen LogP contribution in [-0.4, -0.2) is 32.0 Å². The van der Waals surface area contributed by atoms with Gasteiger partial charge >= 0.3 is 0 Å². The zero-order valence-corrected chi connectivity index (χ0v) is 13.6. The molecule has 1 heterocycles. The Balaban J connectivity index is 2.06. The molecule has 0 aliphatic carbocycles. The van der Waals surface area contributed by atoms with Crippen molar-refractivity contribution >= 4 is 26.5 Å². The van der Waals surface area contributed by atoms with E-state index in [0.29, 0.717) is 22.1 Å². The van der Waals surface area contributed by atoms with E-state index >= 15 is 0 Å². The van der Waals surface area contributed by atoms with Crippen molar-refractivity contribution in [2.24, 2.45) is 0 Å². The third kappa shape index (κ3) is 2.50. The Hall–Kier alpha value is -1.86. The van der Waals surface area contributed by atoms with Gasteiger partial charge in [0, 0.05) is 12.3 Å². The number of nitrogens with zero attached hydrogens (tertiary/aromatic N) is 1. The molecule has 2 aromatic carbocycles. The maximum absolute atomic E-state index is 12.8. The monoisotopic (exact) mass is 337 g/mol. The van der Waals surface area contributed by atoms with Crippen molar-refractivity contribution in [3.05, 3.63) is 48.5 Å². The van der Waals surface area contributed by atoms with Gasteiger partial charge < -0.3 is 4.74 Å². The summed E-state index contributed by atoms with van der Waals surface area (Å²) in [6, 6.07) is 13.2. The van der Waals surface area contributed by atoms with Gasteiger partial charge in [-0.2, -0.15) is 0 Å². The van der Waals surface area contributed by atoms with Crippen molar-refractivity contribution in [1.29, 1.82) is 0 Å². The molecule has 0 N–H and O–H groups in total. The van der Waals surface area contributed by atoms with Crippen molar-refractivity contribution in [2.45, 2.75) is 9.79 Å². The highest BCUT2D eigenvalue weighted by Gasteiger charge is 2.31. The average Bonchev–Trinajstić information content (AvgIpc) is 2.55. The molecule has 7 heteroatoms. The standard InChI is InChI=1S/C15H15NO4S2/c1-20-12-6-8-13(9-7-12)22(18,19)16-10-11-21(17)15-5-3-2-4-14(15)16/h2-9H,10-11H2,1H3. The number of rotatable bonds is 3. The van der Waals surface area contributed by atoms with Crippen LogP contribution in [0.25, 0.3) is 0 Å². The second-order valence-electron chi connectivity index (χ2n) is 4.77. The molecule has 0 saturated carbocycles. The van der Waals surface area contributed by atoms with Gasteiger partial charge in [-0.05, 0) is 36.4 Å². The highest BCUT2D eigenvalue weighted by Crippen LogP contribution is 2.32. The molecule has 0 spiro atoms. The van der Waals surface area contributed by atoms with E-state index in [-0.39, 0.29) is 11.4 Å². The molecule has 1 atom stereocenters. The number of ether oxygens (including phenoxy) is 1. The van der Waals surface area contributed by atoms with E-state index in [2.05, 4.69) is 0 Å². The molecule has 0 radical (unpaired) electrons. The van der Waals surface area contributed by atoms with Gasteiger partial charge in [0.2, 0.25) is 0 Å². The first kappa shape index (κ1) is 15.1. The van der Waals surface area contributed by atoms with Crippen LogP contribution in [-0.2, 0) is 20.8 Å². The Kier molecular flexibility index (Phi) is 3.92. The summed E-state index contributed by atoms with van der Waals surface area (Å²) in [6.07, 6.45) is 0. The fourth-order valence-corrected chi connectivity index (χ4v) is 5.24. The highest BCUT2D eigenvalue weighted by molar-refractivity contribution is 7.93. The summed E-state index contributed by atoms with van der Waals surface area (Å²) in [4.78, 5) is 0.752. The third-order valence-corrected chi connectivity index (χ3v) is 6.72. The molecule has 3 rings (SSSR count). The van der Waals surface area contributed by atoms with Gasteiger partial charge in [0.1, 0.15) is 5.75 Å². The molecule has 0 amide bonds. The summed E-state index contributed by atoms with van der Waals surface area (Å²) < 4.78 is 44.1. The fourth-order valence-electron chi connectivity index (χ4n) is 2.38. The van der Waals surface area contributed by atoms with Crippen LogP contribution in [0.4, 0.5) is 5.69 Å². The van der Waals surface area contributed by atoms with Gasteiger partial charge in [-0.3, -0.25) is 8.51 Å². The number of fused-ring (bicyclic) bond motifs is 1. The van der Waals surface area contributed by atoms with Crippen molar-refractivity contribution in [3.8, 4) is 5.75 Å². The largest absolute Gasteiger partial charge is 0.497 e. The van der Waals surface area contributed by atoms with E-state index < -0.39 is 20.8 Å². The molecule has 0 saturated heterocycles. The van der Waals surface area contributed by atoms with E-state index in [0.717, 1.165) is 0 Å². The second-order valence-corrected chi connectivity index (χ2v) is 8.17. The number of sulfonamides is 1. The van der Waals surface area contributed by atoms with E-state index in [9.17, 15) is 12.6 Å². The lowest BCUT2D eigenvalue weighted by molar-refractivity contribution is 0.414. The lowest BCUT2D eigenvalue weighted by atomic mass is 10.3. The lowest BCUT2D eigenvalue weighted by Crippen LogP contribution is -2.38. The number of anilines is 1. The predicted molar refractivity (Wildman–Crippen MR) is 85.2 cm³/mol. The minimum Gasteiger partial charge on any atom is -0.497 e. The van der Waals surface area contributed by atoms with Crippen molar-refractivity contribution in [2.75, 3.05) is 23.7 Å². The first-order valence-electron chi connectivity index (χ1n) is 6.68. The first-order valence-corrected chi connectivity index (χ1v) is 9.44. The highest BCUT2D eigenvalue weighted by atomic mass is 32.2. The van der Waals surface area contributed by atoms with E-state index in [1.54, 1.807) is 36.4 Å². The Labute approximate surface area is 132 Å². The summed E-state index contributed by atoms with van der Waals surface area (Å²) >= 11 is 0. The molecule has 0 bridgehead atoms. The Morgan fingerprint density at radius 1 is 1.09 bits per heavy atom. The summed E-state index contributed by atoms with van der Waals surface area (Å²) in [5.41, 5.74) is 0.489. The predicted octanol–water partition coefficient (Wildman–Crippen LogP) is 2.01. The number of methoxy groups -OCH3 is 1. The van der Waals surface area contributed by atoms with Crippen molar-refractivity contribution < 1.29 is 17.4 Å². The Morgan fingerprint density at radius 3 is 2.45 bits per heavy atom. The zero-order chi connectivity index (χ0) is 15.7. The summed E-state index contributed by atoms with van der Waals surface area (Å²) in [5.74, 6) is 0.894.